The van der Waals surface area contributed by atoms with E-state index in [1.807, 2.05) is 17.7 Å². The summed E-state index contributed by atoms with van der Waals surface area (Å²) in [6.07, 6.45) is 1.93. The fourth-order valence-electron chi connectivity index (χ4n) is 2.69. The molecule has 1 unspecified atom stereocenters. The molecule has 1 aromatic carbocycles. The Morgan fingerprint density at radius 2 is 2.29 bits per heavy atom. The number of para-hydroxylation sites is 1. The highest BCUT2D eigenvalue weighted by Gasteiger charge is 2.20. The summed E-state index contributed by atoms with van der Waals surface area (Å²) in [6, 6.07) is 5.48. The van der Waals surface area contributed by atoms with Crippen LogP contribution in [0.2, 0.25) is 0 Å². The number of aromatic nitrogens is 2. The van der Waals surface area contributed by atoms with Gasteiger partial charge in [0.05, 0.1) is 23.6 Å². The topological polar surface area (TPSA) is 73.2 Å². The molecule has 0 aliphatic carbocycles. The molecule has 6 nitrogen and oxygen atoms in total. The number of hydrogen-bond donors (Lipinski definition) is 1. The summed E-state index contributed by atoms with van der Waals surface area (Å²) < 4.78 is 31.2. The molecule has 21 heavy (non-hydrogen) atoms. The molecule has 0 saturated carbocycles. The van der Waals surface area contributed by atoms with Gasteiger partial charge >= 0.3 is 0 Å². The molecular weight excluding hydrogens is 290 g/mol. The van der Waals surface area contributed by atoms with E-state index in [-0.39, 0.29) is 10.9 Å². The van der Waals surface area contributed by atoms with E-state index in [1.54, 1.807) is 12.1 Å². The fourth-order valence-corrected chi connectivity index (χ4v) is 3.52. The number of nitrogens with zero attached hydrogens (tertiary/aromatic N) is 2. The van der Waals surface area contributed by atoms with E-state index in [9.17, 15) is 8.42 Å². The Morgan fingerprint density at radius 1 is 1.48 bits per heavy atom. The zero-order chi connectivity index (χ0) is 15.0. The molecule has 1 atom stereocenters. The SMILES string of the molecule is Cn1c(CC2COCCN2)nc2c(S(C)(=O)=O)cccc21. The lowest BCUT2D eigenvalue weighted by molar-refractivity contribution is 0.0762. The third-order valence-electron chi connectivity index (χ3n) is 3.79. The zero-order valence-corrected chi connectivity index (χ0v) is 13.0. The molecule has 1 N–H and O–H groups in total. The molecule has 2 aromatic rings. The van der Waals surface area contributed by atoms with Gasteiger partial charge in [-0.25, -0.2) is 13.4 Å². The van der Waals surface area contributed by atoms with Gasteiger partial charge in [-0.15, -0.1) is 0 Å². The van der Waals surface area contributed by atoms with Crippen molar-refractivity contribution in [2.24, 2.45) is 7.05 Å². The van der Waals surface area contributed by atoms with Crippen molar-refractivity contribution in [3.63, 3.8) is 0 Å². The number of ether oxygens (including phenoxy) is 1. The van der Waals surface area contributed by atoms with Gasteiger partial charge in [-0.3, -0.25) is 0 Å². The largest absolute Gasteiger partial charge is 0.379 e. The predicted molar refractivity (Wildman–Crippen MR) is 80.1 cm³/mol. The number of imidazole rings is 1. The van der Waals surface area contributed by atoms with E-state index in [1.165, 1.54) is 6.26 Å². The van der Waals surface area contributed by atoms with Crippen LogP contribution in [0.5, 0.6) is 0 Å². The van der Waals surface area contributed by atoms with Crippen molar-refractivity contribution < 1.29 is 13.2 Å². The molecular formula is C14H19N3O3S. The van der Waals surface area contributed by atoms with E-state index < -0.39 is 9.84 Å². The minimum absolute atomic E-state index is 0.218. The van der Waals surface area contributed by atoms with Gasteiger partial charge in [0.25, 0.3) is 0 Å². The highest BCUT2D eigenvalue weighted by atomic mass is 32.2. The number of aryl methyl sites for hydroxylation is 1. The quantitative estimate of drug-likeness (QED) is 0.894. The van der Waals surface area contributed by atoms with Crippen molar-refractivity contribution in [3.05, 3.63) is 24.0 Å². The summed E-state index contributed by atoms with van der Waals surface area (Å²) in [4.78, 5) is 4.85. The molecule has 1 fully saturated rings. The van der Waals surface area contributed by atoms with Crippen LogP contribution in [0, 0.1) is 0 Å². The molecule has 1 aliphatic rings. The molecule has 1 saturated heterocycles. The standard InChI is InChI=1S/C14H19N3O3S/c1-17-11-4-3-5-12(21(2,18)19)14(11)16-13(17)8-10-9-20-7-6-15-10/h3-5,10,15H,6-9H2,1-2H3. The van der Waals surface area contributed by atoms with E-state index in [4.69, 9.17) is 4.74 Å². The average Bonchev–Trinajstić information content (AvgIpc) is 2.76. The first-order chi connectivity index (χ1) is 9.97. The Morgan fingerprint density at radius 3 is 2.95 bits per heavy atom. The van der Waals surface area contributed by atoms with Crippen LogP contribution in [0.25, 0.3) is 11.0 Å². The second-order valence-electron chi connectivity index (χ2n) is 5.41. The summed E-state index contributed by atoms with van der Waals surface area (Å²) in [5, 5.41) is 3.39. The van der Waals surface area contributed by atoms with Crippen molar-refractivity contribution in [2.45, 2.75) is 17.4 Å². The Balaban J connectivity index is 2.03. The highest BCUT2D eigenvalue weighted by molar-refractivity contribution is 7.91. The van der Waals surface area contributed by atoms with Crippen LogP contribution in [-0.4, -0.2) is 50.0 Å². The normalized spacial score (nSPS) is 20.0. The van der Waals surface area contributed by atoms with Crippen LogP contribution in [0.4, 0.5) is 0 Å². The second-order valence-corrected chi connectivity index (χ2v) is 7.40. The van der Waals surface area contributed by atoms with E-state index in [0.717, 1.165) is 24.5 Å². The lowest BCUT2D eigenvalue weighted by Gasteiger charge is -2.23. The lowest BCUT2D eigenvalue weighted by Crippen LogP contribution is -2.42. The van der Waals surface area contributed by atoms with Gasteiger partial charge in [-0.2, -0.15) is 0 Å². The number of benzene rings is 1. The number of rotatable bonds is 3. The Labute approximate surface area is 124 Å². The first-order valence-corrected chi connectivity index (χ1v) is 8.81. The van der Waals surface area contributed by atoms with E-state index >= 15 is 0 Å². The van der Waals surface area contributed by atoms with Crippen molar-refractivity contribution >= 4 is 20.9 Å². The molecule has 1 aromatic heterocycles. The van der Waals surface area contributed by atoms with Gasteiger partial charge in [-0.1, -0.05) is 6.07 Å². The third-order valence-corrected chi connectivity index (χ3v) is 4.92. The Bertz CT molecular complexity index is 761. The van der Waals surface area contributed by atoms with Crippen molar-refractivity contribution in [2.75, 3.05) is 26.0 Å². The van der Waals surface area contributed by atoms with Crippen LogP contribution in [-0.2, 0) is 28.0 Å². The molecule has 0 bridgehead atoms. The maximum absolute atomic E-state index is 11.9. The summed E-state index contributed by atoms with van der Waals surface area (Å²) in [5.41, 5.74) is 1.39. The van der Waals surface area contributed by atoms with E-state index in [0.29, 0.717) is 18.5 Å². The first kappa shape index (κ1) is 14.5. The number of morpholine rings is 1. The third kappa shape index (κ3) is 2.81. The van der Waals surface area contributed by atoms with E-state index in [2.05, 4.69) is 10.3 Å². The summed E-state index contributed by atoms with van der Waals surface area (Å²) in [5.74, 6) is 0.865. The summed E-state index contributed by atoms with van der Waals surface area (Å²) in [6.45, 7) is 2.22. The van der Waals surface area contributed by atoms with Crippen LogP contribution in [0.1, 0.15) is 5.82 Å². The zero-order valence-electron chi connectivity index (χ0n) is 12.2. The number of hydrogen-bond acceptors (Lipinski definition) is 5. The maximum atomic E-state index is 11.9. The molecule has 1 aliphatic heterocycles. The molecule has 114 valence electrons. The Hall–Kier alpha value is -1.44. The summed E-state index contributed by atoms with van der Waals surface area (Å²) in [7, 11) is -1.37. The molecule has 0 spiro atoms. The molecule has 0 amide bonds. The Kier molecular flexibility index (Phi) is 3.73. The van der Waals surface area contributed by atoms with Gasteiger partial charge < -0.3 is 14.6 Å². The minimum atomic E-state index is -3.28. The van der Waals surface area contributed by atoms with Crippen LogP contribution >= 0.6 is 0 Å². The fraction of sp³-hybridized carbons (Fsp3) is 0.500. The number of sulfone groups is 1. The summed E-state index contributed by atoms with van der Waals surface area (Å²) >= 11 is 0. The molecule has 0 radical (unpaired) electrons. The molecule has 3 rings (SSSR count). The minimum Gasteiger partial charge on any atom is -0.379 e. The number of fused-ring (bicyclic) bond motifs is 1. The lowest BCUT2D eigenvalue weighted by atomic mass is 10.2. The van der Waals surface area contributed by atoms with Gasteiger partial charge in [0.1, 0.15) is 11.3 Å². The highest BCUT2D eigenvalue weighted by Crippen LogP contribution is 2.23. The predicted octanol–water partition coefficient (Wildman–Crippen LogP) is 0.508. The van der Waals surface area contributed by atoms with Gasteiger partial charge in [0.2, 0.25) is 0 Å². The molecule has 7 heteroatoms. The second kappa shape index (κ2) is 5.40. The van der Waals surface area contributed by atoms with Gasteiger partial charge in [0, 0.05) is 32.3 Å². The average molecular weight is 309 g/mol. The number of nitrogens with one attached hydrogen (secondary N) is 1. The smallest absolute Gasteiger partial charge is 0.177 e. The van der Waals surface area contributed by atoms with Crippen LogP contribution in [0.15, 0.2) is 23.1 Å². The maximum Gasteiger partial charge on any atom is 0.177 e. The van der Waals surface area contributed by atoms with Gasteiger partial charge in [0.15, 0.2) is 9.84 Å². The van der Waals surface area contributed by atoms with Crippen molar-refractivity contribution in [1.82, 2.24) is 14.9 Å². The monoisotopic (exact) mass is 309 g/mol. The van der Waals surface area contributed by atoms with Crippen molar-refractivity contribution in [3.8, 4) is 0 Å². The van der Waals surface area contributed by atoms with Crippen LogP contribution in [0.3, 0.4) is 0 Å². The first-order valence-electron chi connectivity index (χ1n) is 6.92. The van der Waals surface area contributed by atoms with Crippen LogP contribution < -0.4 is 5.32 Å². The van der Waals surface area contributed by atoms with Crippen molar-refractivity contribution in [1.29, 1.82) is 0 Å². The van der Waals surface area contributed by atoms with Gasteiger partial charge in [-0.05, 0) is 12.1 Å². The molecule has 2 heterocycles.